The van der Waals surface area contributed by atoms with Crippen molar-refractivity contribution in [3.63, 3.8) is 0 Å². The van der Waals surface area contributed by atoms with Crippen molar-refractivity contribution in [3.8, 4) is 17.2 Å². The fourth-order valence-electron chi connectivity index (χ4n) is 4.87. The van der Waals surface area contributed by atoms with Gasteiger partial charge in [-0.25, -0.2) is 4.98 Å². The molecule has 1 aliphatic heterocycles. The molecule has 1 aliphatic rings. The van der Waals surface area contributed by atoms with Crippen LogP contribution in [0.1, 0.15) is 58.0 Å². The van der Waals surface area contributed by atoms with Gasteiger partial charge in [-0.3, -0.25) is 9.69 Å². The quantitative estimate of drug-likeness (QED) is 0.340. The van der Waals surface area contributed by atoms with Crippen LogP contribution in [0.15, 0.2) is 54.7 Å². The highest BCUT2D eigenvalue weighted by Gasteiger charge is 2.30. The third kappa shape index (κ3) is 5.07. The van der Waals surface area contributed by atoms with Crippen molar-refractivity contribution in [2.24, 2.45) is 0 Å². The molecule has 1 unspecified atom stereocenters. The van der Waals surface area contributed by atoms with E-state index in [-0.39, 0.29) is 17.5 Å². The number of aryl methyl sites for hydroxylation is 1. The van der Waals surface area contributed by atoms with Crippen molar-refractivity contribution in [3.05, 3.63) is 82.7 Å². The summed E-state index contributed by atoms with van der Waals surface area (Å²) < 4.78 is 11.2. The van der Waals surface area contributed by atoms with Gasteiger partial charge in [-0.2, -0.15) is 0 Å². The zero-order valence-electron chi connectivity index (χ0n) is 19.9. The zero-order valence-corrected chi connectivity index (χ0v) is 19.9. The van der Waals surface area contributed by atoms with Crippen molar-refractivity contribution >= 4 is 6.29 Å². The number of carbonyl (C=O) groups excluding carboxylic acids is 1. The summed E-state index contributed by atoms with van der Waals surface area (Å²) in [5, 5.41) is 10.2. The summed E-state index contributed by atoms with van der Waals surface area (Å²) in [7, 11) is 3.36. The fraction of sp³-hybridized carbons (Fsp3) is 0.357. The molecule has 0 radical (unpaired) electrons. The molecule has 0 bridgehead atoms. The van der Waals surface area contributed by atoms with Gasteiger partial charge < -0.3 is 14.6 Å². The van der Waals surface area contributed by atoms with E-state index >= 15 is 0 Å². The Labute approximate surface area is 201 Å². The van der Waals surface area contributed by atoms with Crippen LogP contribution < -0.4 is 9.47 Å². The van der Waals surface area contributed by atoms with Crippen LogP contribution in [0.5, 0.6) is 17.2 Å². The first kappa shape index (κ1) is 23.8. The maximum atomic E-state index is 11.0. The first-order chi connectivity index (χ1) is 16.7. The predicted molar refractivity (Wildman–Crippen MR) is 132 cm³/mol. The second-order valence-corrected chi connectivity index (χ2v) is 8.64. The lowest BCUT2D eigenvalue weighted by molar-refractivity contribution is 0.111. The molecule has 3 aromatic rings. The van der Waals surface area contributed by atoms with Crippen LogP contribution in [0, 0.1) is 0 Å². The molecule has 0 amide bonds. The summed E-state index contributed by atoms with van der Waals surface area (Å²) in [5.74, 6) is 1.55. The first-order valence-corrected chi connectivity index (χ1v) is 11.8. The Bertz CT molecular complexity index is 1120. The summed E-state index contributed by atoms with van der Waals surface area (Å²) in [4.78, 5) is 17.5. The molecular formula is C28H32N2O4. The SMILES string of the molecule is COc1cc2c(cc1OC)C(c1ccccc1)N(CCCCCc1ccnc(C=O)c1O)CC2. The van der Waals surface area contributed by atoms with Crippen LogP contribution in [0.3, 0.4) is 0 Å². The molecule has 0 aliphatic carbocycles. The Morgan fingerprint density at radius 3 is 2.56 bits per heavy atom. The average molecular weight is 461 g/mol. The van der Waals surface area contributed by atoms with Gasteiger partial charge in [0.2, 0.25) is 0 Å². The minimum atomic E-state index is 0.0126. The molecule has 6 heteroatoms. The number of unbranched alkanes of at least 4 members (excludes halogenated alkanes) is 2. The molecule has 4 rings (SSSR count). The third-order valence-electron chi connectivity index (χ3n) is 6.63. The molecule has 0 saturated heterocycles. The van der Waals surface area contributed by atoms with Crippen LogP contribution in [0.25, 0.3) is 0 Å². The number of aromatic hydroxyl groups is 1. The van der Waals surface area contributed by atoms with E-state index in [0.29, 0.717) is 6.29 Å². The summed E-state index contributed by atoms with van der Waals surface area (Å²) in [6.07, 6.45) is 6.92. The van der Waals surface area contributed by atoms with Gasteiger partial charge in [0.25, 0.3) is 0 Å². The van der Waals surface area contributed by atoms with Crippen LogP contribution in [0.4, 0.5) is 0 Å². The Balaban J connectivity index is 1.46. The Morgan fingerprint density at radius 1 is 1.06 bits per heavy atom. The largest absolute Gasteiger partial charge is 0.505 e. The number of pyridine rings is 1. The summed E-state index contributed by atoms with van der Waals surface area (Å²) in [5.41, 5.74) is 4.76. The average Bonchev–Trinajstić information content (AvgIpc) is 2.88. The van der Waals surface area contributed by atoms with E-state index in [2.05, 4.69) is 52.3 Å². The molecule has 1 atom stereocenters. The van der Waals surface area contributed by atoms with E-state index in [1.807, 2.05) is 0 Å². The molecule has 0 fully saturated rings. The van der Waals surface area contributed by atoms with Crippen LogP contribution in [-0.2, 0) is 12.8 Å². The summed E-state index contributed by atoms with van der Waals surface area (Å²) in [6, 6.07) is 16.8. The molecule has 2 aromatic carbocycles. The first-order valence-electron chi connectivity index (χ1n) is 11.8. The minimum Gasteiger partial charge on any atom is -0.505 e. The molecule has 178 valence electrons. The lowest BCUT2D eigenvalue weighted by Gasteiger charge is -2.38. The topological polar surface area (TPSA) is 71.9 Å². The molecule has 1 aromatic heterocycles. The van der Waals surface area contributed by atoms with Gasteiger partial charge in [0.1, 0.15) is 11.4 Å². The number of methoxy groups -OCH3 is 2. The number of benzene rings is 2. The number of hydrogen-bond acceptors (Lipinski definition) is 6. The van der Waals surface area contributed by atoms with Gasteiger partial charge >= 0.3 is 0 Å². The smallest absolute Gasteiger partial charge is 0.172 e. The van der Waals surface area contributed by atoms with E-state index in [1.165, 1.54) is 16.7 Å². The molecular weight excluding hydrogens is 428 g/mol. The van der Waals surface area contributed by atoms with Crippen LogP contribution in [-0.4, -0.2) is 48.6 Å². The third-order valence-corrected chi connectivity index (χ3v) is 6.63. The second-order valence-electron chi connectivity index (χ2n) is 8.64. The normalized spacial score (nSPS) is 15.5. The number of aromatic nitrogens is 1. The van der Waals surface area contributed by atoms with E-state index in [4.69, 9.17) is 9.47 Å². The zero-order chi connectivity index (χ0) is 23.9. The number of hydrogen-bond donors (Lipinski definition) is 1. The van der Waals surface area contributed by atoms with E-state index in [0.717, 1.165) is 62.3 Å². The number of carbonyl (C=O) groups is 1. The highest BCUT2D eigenvalue weighted by Crippen LogP contribution is 2.41. The van der Waals surface area contributed by atoms with Crippen LogP contribution in [0.2, 0.25) is 0 Å². The maximum Gasteiger partial charge on any atom is 0.172 e. The Hall–Kier alpha value is -3.38. The molecule has 0 saturated carbocycles. The highest BCUT2D eigenvalue weighted by atomic mass is 16.5. The monoisotopic (exact) mass is 460 g/mol. The summed E-state index contributed by atoms with van der Waals surface area (Å²) >= 11 is 0. The minimum absolute atomic E-state index is 0.0126. The van der Waals surface area contributed by atoms with E-state index in [9.17, 15) is 9.90 Å². The fourth-order valence-corrected chi connectivity index (χ4v) is 4.87. The van der Waals surface area contributed by atoms with Crippen molar-refractivity contribution in [1.29, 1.82) is 0 Å². The standard InChI is InChI=1S/C28H32N2O4/c1-33-25-17-22-13-16-30(15-8-4-7-11-21-12-14-29-24(19-31)28(21)32)27(20-9-5-3-6-10-20)23(22)18-26(25)34-2/h3,5-6,9-10,12,14,17-19,27,32H,4,7-8,11,13,15-16H2,1-2H3. The number of fused-ring (bicyclic) bond motifs is 1. The van der Waals surface area contributed by atoms with Crippen molar-refractivity contribution in [2.75, 3.05) is 27.3 Å². The molecule has 6 nitrogen and oxygen atoms in total. The van der Waals surface area contributed by atoms with Crippen molar-refractivity contribution < 1.29 is 19.4 Å². The van der Waals surface area contributed by atoms with Gasteiger partial charge in [0.05, 0.1) is 20.3 Å². The van der Waals surface area contributed by atoms with E-state index in [1.54, 1.807) is 26.5 Å². The second kappa shape index (κ2) is 11.2. The Morgan fingerprint density at radius 2 is 1.82 bits per heavy atom. The van der Waals surface area contributed by atoms with Gasteiger partial charge in [-0.1, -0.05) is 36.8 Å². The van der Waals surface area contributed by atoms with Gasteiger partial charge in [-0.05, 0) is 72.7 Å². The molecule has 0 spiro atoms. The molecule has 2 heterocycles. The Kier molecular flexibility index (Phi) is 7.80. The number of rotatable bonds is 10. The number of aldehydes is 1. The number of ether oxygens (including phenoxy) is 2. The van der Waals surface area contributed by atoms with Crippen molar-refractivity contribution in [1.82, 2.24) is 9.88 Å². The van der Waals surface area contributed by atoms with Gasteiger partial charge in [-0.15, -0.1) is 0 Å². The van der Waals surface area contributed by atoms with Crippen molar-refractivity contribution in [2.45, 2.75) is 38.1 Å². The lowest BCUT2D eigenvalue weighted by atomic mass is 9.87. The lowest BCUT2D eigenvalue weighted by Crippen LogP contribution is -2.36. The predicted octanol–water partition coefficient (Wildman–Crippen LogP) is 4.98. The maximum absolute atomic E-state index is 11.0. The van der Waals surface area contributed by atoms with Gasteiger partial charge in [0.15, 0.2) is 17.8 Å². The van der Waals surface area contributed by atoms with Gasteiger partial charge in [0, 0.05) is 12.7 Å². The highest BCUT2D eigenvalue weighted by molar-refractivity contribution is 5.76. The summed E-state index contributed by atoms with van der Waals surface area (Å²) in [6.45, 7) is 1.96. The molecule has 1 N–H and O–H groups in total. The van der Waals surface area contributed by atoms with Crippen LogP contribution >= 0.6 is 0 Å². The van der Waals surface area contributed by atoms with E-state index < -0.39 is 0 Å². The number of nitrogens with zero attached hydrogens (tertiary/aromatic N) is 2. The molecule has 34 heavy (non-hydrogen) atoms.